The van der Waals surface area contributed by atoms with E-state index in [1.165, 1.54) is 0 Å². The highest BCUT2D eigenvalue weighted by molar-refractivity contribution is 5.97. The fourth-order valence-corrected chi connectivity index (χ4v) is 2.24. The first-order chi connectivity index (χ1) is 8.78. The Morgan fingerprint density at radius 1 is 1.39 bits per heavy atom. The molecular weight excluding hydrogens is 228 g/mol. The SMILES string of the molecule is CCC1=NC(Cc2c[nH]c3ccccc23)C(=O)O1. The standard InChI is InChI=1S/C14H14N2O2/c1-2-13-16-12(14(17)18-13)7-9-8-15-11-6-4-3-5-10(9)11/h3-6,8,12,15H,2,7H2,1H3. The third-order valence-corrected chi connectivity index (χ3v) is 3.18. The summed E-state index contributed by atoms with van der Waals surface area (Å²) in [7, 11) is 0. The highest BCUT2D eigenvalue weighted by Crippen LogP contribution is 2.22. The molecule has 4 heteroatoms. The molecule has 3 rings (SSSR count). The zero-order valence-corrected chi connectivity index (χ0v) is 10.1. The van der Waals surface area contributed by atoms with Crippen molar-refractivity contribution in [1.82, 2.24) is 4.98 Å². The molecule has 0 amide bonds. The van der Waals surface area contributed by atoms with E-state index < -0.39 is 0 Å². The lowest BCUT2D eigenvalue weighted by molar-refractivity contribution is -0.135. The summed E-state index contributed by atoms with van der Waals surface area (Å²) in [6.07, 6.45) is 3.19. The summed E-state index contributed by atoms with van der Waals surface area (Å²) in [6.45, 7) is 1.93. The number of esters is 1. The zero-order valence-electron chi connectivity index (χ0n) is 10.1. The van der Waals surface area contributed by atoms with Crippen molar-refractivity contribution < 1.29 is 9.53 Å². The number of carbonyl (C=O) groups is 1. The van der Waals surface area contributed by atoms with Crippen molar-refractivity contribution in [3.8, 4) is 0 Å². The minimum absolute atomic E-state index is 0.239. The smallest absolute Gasteiger partial charge is 0.337 e. The number of nitrogens with one attached hydrogen (secondary N) is 1. The van der Waals surface area contributed by atoms with Gasteiger partial charge in [-0.1, -0.05) is 25.1 Å². The van der Waals surface area contributed by atoms with Crippen LogP contribution < -0.4 is 0 Å². The Kier molecular flexibility index (Phi) is 2.63. The van der Waals surface area contributed by atoms with Crippen molar-refractivity contribution in [3.05, 3.63) is 36.0 Å². The molecule has 2 heterocycles. The Hall–Kier alpha value is -2.10. The van der Waals surface area contributed by atoms with Crippen LogP contribution in [-0.4, -0.2) is 22.9 Å². The van der Waals surface area contributed by atoms with Crippen molar-refractivity contribution in [2.45, 2.75) is 25.8 Å². The zero-order chi connectivity index (χ0) is 12.5. The first-order valence-electron chi connectivity index (χ1n) is 6.11. The largest absolute Gasteiger partial charge is 0.410 e. The summed E-state index contributed by atoms with van der Waals surface area (Å²) in [5, 5.41) is 1.14. The fourth-order valence-electron chi connectivity index (χ4n) is 2.24. The second-order valence-corrected chi connectivity index (χ2v) is 4.38. The number of ether oxygens (including phenoxy) is 1. The first kappa shape index (κ1) is 11.0. The number of aromatic amines is 1. The number of aromatic nitrogens is 1. The molecule has 1 aliphatic rings. The van der Waals surface area contributed by atoms with Crippen LogP contribution in [0.5, 0.6) is 0 Å². The Bertz CT molecular complexity index is 628. The molecule has 1 atom stereocenters. The number of carbonyl (C=O) groups excluding carboxylic acids is 1. The number of hydrogen-bond acceptors (Lipinski definition) is 3. The average molecular weight is 242 g/mol. The van der Waals surface area contributed by atoms with Crippen LogP contribution in [0.15, 0.2) is 35.5 Å². The molecule has 18 heavy (non-hydrogen) atoms. The molecule has 1 aromatic heterocycles. The van der Waals surface area contributed by atoms with Gasteiger partial charge in [0.15, 0.2) is 11.9 Å². The number of fused-ring (bicyclic) bond motifs is 1. The monoisotopic (exact) mass is 242 g/mol. The molecule has 1 aromatic carbocycles. The summed E-state index contributed by atoms with van der Waals surface area (Å²) >= 11 is 0. The predicted molar refractivity (Wildman–Crippen MR) is 69.6 cm³/mol. The van der Waals surface area contributed by atoms with Gasteiger partial charge in [0, 0.05) is 29.9 Å². The van der Waals surface area contributed by atoms with Crippen molar-refractivity contribution in [2.75, 3.05) is 0 Å². The van der Waals surface area contributed by atoms with Crippen LogP contribution in [0.25, 0.3) is 10.9 Å². The van der Waals surface area contributed by atoms with Gasteiger partial charge in [-0.3, -0.25) is 0 Å². The molecule has 4 nitrogen and oxygen atoms in total. The second-order valence-electron chi connectivity index (χ2n) is 4.38. The van der Waals surface area contributed by atoms with Crippen molar-refractivity contribution in [3.63, 3.8) is 0 Å². The molecule has 0 bridgehead atoms. The minimum atomic E-state index is -0.390. The lowest BCUT2D eigenvalue weighted by atomic mass is 10.1. The number of hydrogen-bond donors (Lipinski definition) is 1. The van der Waals surface area contributed by atoms with Gasteiger partial charge in [0.2, 0.25) is 0 Å². The topological polar surface area (TPSA) is 54.5 Å². The Labute approximate surface area is 105 Å². The van der Waals surface area contributed by atoms with E-state index in [-0.39, 0.29) is 12.0 Å². The van der Waals surface area contributed by atoms with Gasteiger partial charge in [-0.2, -0.15) is 0 Å². The first-order valence-corrected chi connectivity index (χ1v) is 6.11. The van der Waals surface area contributed by atoms with Crippen LogP contribution in [0.4, 0.5) is 0 Å². The maximum atomic E-state index is 11.7. The summed E-state index contributed by atoms with van der Waals surface area (Å²) < 4.78 is 5.08. The Morgan fingerprint density at radius 3 is 3.00 bits per heavy atom. The van der Waals surface area contributed by atoms with E-state index in [1.807, 2.05) is 37.4 Å². The fraction of sp³-hybridized carbons (Fsp3) is 0.286. The lowest BCUT2D eigenvalue weighted by Crippen LogP contribution is -2.17. The molecule has 0 fully saturated rings. The van der Waals surface area contributed by atoms with Crippen LogP contribution in [0, 0.1) is 0 Å². The maximum absolute atomic E-state index is 11.7. The van der Waals surface area contributed by atoms with E-state index in [4.69, 9.17) is 4.74 Å². The van der Waals surface area contributed by atoms with Gasteiger partial charge in [-0.15, -0.1) is 0 Å². The number of para-hydroxylation sites is 1. The number of nitrogens with zero attached hydrogens (tertiary/aromatic N) is 1. The highest BCUT2D eigenvalue weighted by Gasteiger charge is 2.28. The van der Waals surface area contributed by atoms with Crippen molar-refractivity contribution >= 4 is 22.8 Å². The molecule has 0 radical (unpaired) electrons. The quantitative estimate of drug-likeness (QED) is 0.840. The Morgan fingerprint density at radius 2 is 2.22 bits per heavy atom. The minimum Gasteiger partial charge on any atom is -0.410 e. The summed E-state index contributed by atoms with van der Waals surface area (Å²) in [4.78, 5) is 19.2. The molecular formula is C14H14N2O2. The van der Waals surface area contributed by atoms with Crippen LogP contribution in [-0.2, 0) is 16.0 Å². The third kappa shape index (κ3) is 1.79. The number of benzene rings is 1. The lowest BCUT2D eigenvalue weighted by Gasteiger charge is -2.02. The number of cyclic esters (lactones) is 1. The van der Waals surface area contributed by atoms with Crippen LogP contribution in [0.3, 0.4) is 0 Å². The van der Waals surface area contributed by atoms with Gasteiger partial charge < -0.3 is 9.72 Å². The number of H-pyrrole nitrogens is 1. The van der Waals surface area contributed by atoms with Gasteiger partial charge in [0.1, 0.15) is 0 Å². The summed E-state index contributed by atoms with van der Waals surface area (Å²) in [5.41, 5.74) is 2.19. The maximum Gasteiger partial charge on any atom is 0.337 e. The number of aliphatic imine (C=N–C) groups is 1. The molecule has 0 saturated heterocycles. The highest BCUT2D eigenvalue weighted by atomic mass is 16.6. The molecule has 1 aliphatic heterocycles. The molecule has 92 valence electrons. The number of rotatable bonds is 3. The van der Waals surface area contributed by atoms with E-state index in [2.05, 4.69) is 9.98 Å². The third-order valence-electron chi connectivity index (χ3n) is 3.18. The molecule has 0 aliphatic carbocycles. The molecule has 1 unspecified atom stereocenters. The van der Waals surface area contributed by atoms with Gasteiger partial charge in [0.25, 0.3) is 0 Å². The summed E-state index contributed by atoms with van der Waals surface area (Å²) in [5.74, 6) is 0.307. The van der Waals surface area contributed by atoms with Crippen LogP contribution >= 0.6 is 0 Å². The Balaban J connectivity index is 1.89. The van der Waals surface area contributed by atoms with Crippen molar-refractivity contribution in [1.29, 1.82) is 0 Å². The van der Waals surface area contributed by atoms with Gasteiger partial charge >= 0.3 is 5.97 Å². The van der Waals surface area contributed by atoms with Gasteiger partial charge in [-0.25, -0.2) is 9.79 Å². The van der Waals surface area contributed by atoms with Gasteiger partial charge in [-0.05, 0) is 11.6 Å². The molecule has 1 N–H and O–H groups in total. The second kappa shape index (κ2) is 4.29. The molecule has 2 aromatic rings. The van der Waals surface area contributed by atoms with Crippen LogP contribution in [0.1, 0.15) is 18.9 Å². The van der Waals surface area contributed by atoms with E-state index >= 15 is 0 Å². The summed E-state index contributed by atoms with van der Waals surface area (Å²) in [6, 6.07) is 7.66. The van der Waals surface area contributed by atoms with Crippen molar-refractivity contribution in [2.24, 2.45) is 4.99 Å². The van der Waals surface area contributed by atoms with E-state index in [0.717, 1.165) is 16.5 Å². The predicted octanol–water partition coefficient (Wildman–Crippen LogP) is 2.44. The molecule has 0 saturated carbocycles. The van der Waals surface area contributed by atoms with Gasteiger partial charge in [0.05, 0.1) is 0 Å². The van der Waals surface area contributed by atoms with E-state index in [1.54, 1.807) is 0 Å². The van der Waals surface area contributed by atoms with E-state index in [9.17, 15) is 4.79 Å². The van der Waals surface area contributed by atoms with Crippen LogP contribution in [0.2, 0.25) is 0 Å². The molecule has 0 spiro atoms. The normalized spacial score (nSPS) is 19.1. The average Bonchev–Trinajstić information content (AvgIpc) is 2.95. The van der Waals surface area contributed by atoms with E-state index in [0.29, 0.717) is 18.7 Å².